The summed E-state index contributed by atoms with van der Waals surface area (Å²) in [7, 11) is 0. The van der Waals surface area contributed by atoms with Crippen LogP contribution in [-0.2, 0) is 0 Å². The topological polar surface area (TPSA) is 24.1 Å². The van der Waals surface area contributed by atoms with Crippen molar-refractivity contribution in [2.75, 3.05) is 23.7 Å². The van der Waals surface area contributed by atoms with Gasteiger partial charge in [0.2, 0.25) is 0 Å². The molecule has 2 nitrogen and oxygen atoms in total. The van der Waals surface area contributed by atoms with Gasteiger partial charge in [-0.25, -0.2) is 4.39 Å². The van der Waals surface area contributed by atoms with Gasteiger partial charge in [0, 0.05) is 19.2 Å². The maximum absolute atomic E-state index is 13.3. The summed E-state index contributed by atoms with van der Waals surface area (Å²) >= 11 is 3.19. The Morgan fingerprint density at radius 2 is 1.93 bits per heavy atom. The average Bonchev–Trinajstić information content (AvgIpc) is 2.42. The highest BCUT2D eigenvalue weighted by molar-refractivity contribution is 9.10. The summed E-state index contributed by atoms with van der Waals surface area (Å²) in [6.45, 7) is 4.01. The Bertz CT molecular complexity index is 335. The first-order valence-corrected chi connectivity index (χ1v) is 5.96. The number of halogens is 2. The third-order valence-corrected chi connectivity index (χ3v) is 3.41. The fourth-order valence-electron chi connectivity index (χ4n) is 1.71. The van der Waals surface area contributed by atoms with Crippen molar-refractivity contribution >= 4 is 27.3 Å². The second-order valence-corrected chi connectivity index (χ2v) is 4.70. The van der Waals surface area contributed by atoms with Crippen molar-refractivity contribution in [1.82, 2.24) is 0 Å². The van der Waals surface area contributed by atoms with Crippen LogP contribution in [-0.4, -0.2) is 13.1 Å². The van der Waals surface area contributed by atoms with Crippen LogP contribution in [0.4, 0.5) is 15.8 Å². The molecule has 0 saturated heterocycles. The zero-order valence-electron chi connectivity index (χ0n) is 8.61. The molecular weight excluding hydrogens is 259 g/mol. The van der Waals surface area contributed by atoms with Crippen molar-refractivity contribution in [3.8, 4) is 0 Å². The lowest BCUT2D eigenvalue weighted by atomic mass is 10.1. The Morgan fingerprint density at radius 1 is 1.33 bits per heavy atom. The van der Waals surface area contributed by atoms with E-state index in [-0.39, 0.29) is 5.82 Å². The van der Waals surface area contributed by atoms with E-state index in [0.717, 1.165) is 30.9 Å². The fourth-order valence-corrected chi connectivity index (χ4v) is 2.05. The minimum absolute atomic E-state index is 0.224. The molecule has 0 saturated carbocycles. The zero-order valence-corrected chi connectivity index (χ0v) is 10.2. The number of hydrogen-bond acceptors (Lipinski definition) is 2. The number of nitrogens with one attached hydrogen (secondary N) is 2. The molecule has 1 unspecified atom stereocenters. The maximum atomic E-state index is 13.3. The summed E-state index contributed by atoms with van der Waals surface area (Å²) in [6.07, 6.45) is 1.12. The molecule has 82 valence electrons. The second kappa shape index (κ2) is 4.39. The van der Waals surface area contributed by atoms with E-state index in [1.807, 2.05) is 0 Å². The van der Waals surface area contributed by atoms with Crippen LogP contribution in [0.3, 0.4) is 0 Å². The van der Waals surface area contributed by atoms with E-state index in [1.54, 1.807) is 6.07 Å². The quantitative estimate of drug-likeness (QED) is 0.818. The Morgan fingerprint density at radius 3 is 2.53 bits per heavy atom. The minimum atomic E-state index is -0.224. The van der Waals surface area contributed by atoms with Crippen LogP contribution < -0.4 is 10.6 Å². The highest BCUT2D eigenvalue weighted by Crippen LogP contribution is 2.31. The normalized spacial score (nSPS) is 19.8. The van der Waals surface area contributed by atoms with E-state index in [4.69, 9.17) is 0 Å². The number of anilines is 2. The molecule has 0 radical (unpaired) electrons. The van der Waals surface area contributed by atoms with Gasteiger partial charge >= 0.3 is 0 Å². The summed E-state index contributed by atoms with van der Waals surface area (Å²) < 4.78 is 13.8. The molecule has 0 bridgehead atoms. The monoisotopic (exact) mass is 272 g/mol. The van der Waals surface area contributed by atoms with E-state index in [1.165, 1.54) is 6.07 Å². The van der Waals surface area contributed by atoms with Crippen LogP contribution in [0.1, 0.15) is 13.3 Å². The predicted octanol–water partition coefficient (Wildman–Crippen LogP) is 3.45. The van der Waals surface area contributed by atoms with Crippen molar-refractivity contribution in [2.24, 2.45) is 5.92 Å². The molecule has 0 amide bonds. The van der Waals surface area contributed by atoms with Gasteiger partial charge in [-0.05, 0) is 34.3 Å². The lowest BCUT2D eigenvalue weighted by Crippen LogP contribution is -2.17. The smallest absolute Gasteiger partial charge is 0.139 e. The van der Waals surface area contributed by atoms with Crippen molar-refractivity contribution in [1.29, 1.82) is 0 Å². The van der Waals surface area contributed by atoms with Gasteiger partial charge in [0.05, 0.1) is 15.8 Å². The zero-order chi connectivity index (χ0) is 10.8. The fraction of sp³-hybridized carbons (Fsp3) is 0.455. The van der Waals surface area contributed by atoms with E-state index in [2.05, 4.69) is 33.5 Å². The molecule has 2 rings (SSSR count). The van der Waals surface area contributed by atoms with Crippen LogP contribution in [0.25, 0.3) is 0 Å². The maximum Gasteiger partial charge on any atom is 0.139 e. The van der Waals surface area contributed by atoms with E-state index in [0.29, 0.717) is 10.4 Å². The molecule has 0 aromatic heterocycles. The number of hydrogen-bond donors (Lipinski definition) is 2. The number of rotatable bonds is 1. The summed E-state index contributed by atoms with van der Waals surface area (Å²) in [5, 5.41) is 6.61. The van der Waals surface area contributed by atoms with E-state index in [9.17, 15) is 4.39 Å². The summed E-state index contributed by atoms with van der Waals surface area (Å²) in [5.41, 5.74) is 1.82. The van der Waals surface area contributed by atoms with E-state index >= 15 is 0 Å². The van der Waals surface area contributed by atoms with Gasteiger partial charge < -0.3 is 10.6 Å². The van der Waals surface area contributed by atoms with Crippen molar-refractivity contribution in [3.05, 3.63) is 22.4 Å². The third kappa shape index (κ3) is 2.25. The molecule has 1 aromatic rings. The summed E-state index contributed by atoms with van der Waals surface area (Å²) in [6, 6.07) is 3.32. The molecule has 4 heteroatoms. The van der Waals surface area contributed by atoms with Crippen LogP contribution in [0.5, 0.6) is 0 Å². The predicted molar refractivity (Wildman–Crippen MR) is 64.9 cm³/mol. The van der Waals surface area contributed by atoms with Crippen LogP contribution in [0.2, 0.25) is 0 Å². The lowest BCUT2D eigenvalue weighted by molar-refractivity contribution is 0.570. The highest BCUT2D eigenvalue weighted by atomic mass is 79.9. The lowest BCUT2D eigenvalue weighted by Gasteiger charge is -2.10. The molecule has 1 atom stereocenters. The molecule has 1 aromatic carbocycles. The Hall–Kier alpha value is -0.770. The van der Waals surface area contributed by atoms with Gasteiger partial charge in [0.25, 0.3) is 0 Å². The second-order valence-electron chi connectivity index (χ2n) is 3.85. The van der Waals surface area contributed by atoms with Crippen LogP contribution >= 0.6 is 15.9 Å². The largest absolute Gasteiger partial charge is 0.383 e. The van der Waals surface area contributed by atoms with Gasteiger partial charge in [-0.15, -0.1) is 0 Å². The Balaban J connectivity index is 2.27. The molecule has 0 fully saturated rings. The minimum Gasteiger partial charge on any atom is -0.383 e. The summed E-state index contributed by atoms with van der Waals surface area (Å²) in [5.74, 6) is 0.372. The van der Waals surface area contributed by atoms with Crippen molar-refractivity contribution in [3.63, 3.8) is 0 Å². The molecule has 2 N–H and O–H groups in total. The molecule has 15 heavy (non-hydrogen) atoms. The summed E-state index contributed by atoms with van der Waals surface area (Å²) in [4.78, 5) is 0. The third-order valence-electron chi connectivity index (χ3n) is 2.80. The molecule has 1 aliphatic heterocycles. The first kappa shape index (κ1) is 10.7. The Labute approximate surface area is 97.4 Å². The number of benzene rings is 1. The van der Waals surface area contributed by atoms with Gasteiger partial charge in [0.1, 0.15) is 5.82 Å². The molecular formula is C11H14BrFN2. The number of fused-ring (bicyclic) bond motifs is 1. The van der Waals surface area contributed by atoms with Gasteiger partial charge in [-0.1, -0.05) is 6.92 Å². The van der Waals surface area contributed by atoms with Crippen molar-refractivity contribution < 1.29 is 4.39 Å². The van der Waals surface area contributed by atoms with Gasteiger partial charge in [0.15, 0.2) is 0 Å². The molecule has 0 aliphatic carbocycles. The van der Waals surface area contributed by atoms with Crippen molar-refractivity contribution in [2.45, 2.75) is 13.3 Å². The molecule has 0 spiro atoms. The molecule has 1 heterocycles. The van der Waals surface area contributed by atoms with Gasteiger partial charge in [-0.3, -0.25) is 0 Å². The SMILES string of the molecule is CCC1CNc2cc(F)c(Br)cc2NC1. The highest BCUT2D eigenvalue weighted by Gasteiger charge is 2.15. The van der Waals surface area contributed by atoms with Crippen LogP contribution in [0.15, 0.2) is 16.6 Å². The van der Waals surface area contributed by atoms with E-state index < -0.39 is 0 Å². The van der Waals surface area contributed by atoms with Crippen LogP contribution in [0, 0.1) is 11.7 Å². The molecule has 1 aliphatic rings. The standard InChI is InChI=1S/C11H14BrFN2/c1-2-7-5-14-10-3-8(12)9(13)4-11(10)15-6-7/h3-4,7,14-15H,2,5-6H2,1H3. The first-order valence-electron chi connectivity index (χ1n) is 5.17. The average molecular weight is 273 g/mol. The first-order chi connectivity index (χ1) is 7.20. The Kier molecular flexibility index (Phi) is 3.14. The van der Waals surface area contributed by atoms with Gasteiger partial charge in [-0.2, -0.15) is 0 Å².